The number of aliphatic imine (C=N–C) groups is 1. The van der Waals surface area contributed by atoms with Crippen molar-refractivity contribution >= 4 is 41.5 Å². The first-order valence-electron chi connectivity index (χ1n) is 11.2. The lowest BCUT2D eigenvalue weighted by Crippen LogP contribution is -2.55. The maximum Gasteiger partial charge on any atom is 0.246 e. The molecule has 1 unspecified atom stereocenters. The largest absolute Gasteiger partial charge is 0.357 e. The van der Waals surface area contributed by atoms with Gasteiger partial charge in [-0.3, -0.25) is 19.4 Å². The number of nitrogens with zero attached hydrogens (tertiary/aromatic N) is 6. The highest BCUT2D eigenvalue weighted by molar-refractivity contribution is 14.0. The number of benzene rings is 1. The molecular weight excluding hydrogens is 517 g/mol. The molecule has 174 valence electrons. The van der Waals surface area contributed by atoms with E-state index in [2.05, 4.69) is 58.3 Å². The smallest absolute Gasteiger partial charge is 0.246 e. The zero-order valence-corrected chi connectivity index (χ0v) is 21.5. The Morgan fingerprint density at radius 3 is 2.66 bits per heavy atom. The first kappa shape index (κ1) is 24.5. The quantitative estimate of drug-likeness (QED) is 0.351. The SMILES string of the molecule is CCNC(=NCC(C)N1CCc2ccccc2C1)N1CCN(c2cnn(C)c2)C(=O)C1.I. The van der Waals surface area contributed by atoms with E-state index in [0.29, 0.717) is 25.7 Å². The van der Waals surface area contributed by atoms with E-state index in [1.807, 2.05) is 13.2 Å². The van der Waals surface area contributed by atoms with Gasteiger partial charge in [-0.1, -0.05) is 24.3 Å². The molecule has 4 rings (SSSR count). The Bertz CT molecular complexity index is 944. The normalized spacial score (nSPS) is 18.2. The number of aryl methyl sites for hydroxylation is 1. The number of amides is 1. The minimum atomic E-state index is 0. The van der Waals surface area contributed by atoms with Crippen molar-refractivity contribution in [2.45, 2.75) is 32.9 Å². The predicted octanol–water partition coefficient (Wildman–Crippen LogP) is 2.10. The van der Waals surface area contributed by atoms with Gasteiger partial charge < -0.3 is 15.1 Å². The van der Waals surface area contributed by atoms with Crippen LogP contribution in [0.5, 0.6) is 0 Å². The van der Waals surface area contributed by atoms with Crippen molar-refractivity contribution in [3.8, 4) is 0 Å². The van der Waals surface area contributed by atoms with Crippen molar-refractivity contribution in [3.05, 3.63) is 47.8 Å². The van der Waals surface area contributed by atoms with Crippen molar-refractivity contribution in [3.63, 3.8) is 0 Å². The summed E-state index contributed by atoms with van der Waals surface area (Å²) in [6.45, 7) is 9.54. The molecule has 1 N–H and O–H groups in total. The Kier molecular flexibility index (Phi) is 8.52. The number of anilines is 1. The summed E-state index contributed by atoms with van der Waals surface area (Å²) in [5.74, 6) is 0.900. The van der Waals surface area contributed by atoms with Crippen LogP contribution in [0.2, 0.25) is 0 Å². The number of guanidine groups is 1. The Labute approximate surface area is 207 Å². The third-order valence-corrected chi connectivity index (χ3v) is 6.15. The molecule has 2 aliphatic rings. The van der Waals surface area contributed by atoms with Gasteiger partial charge in [0.15, 0.2) is 5.96 Å². The summed E-state index contributed by atoms with van der Waals surface area (Å²) in [5.41, 5.74) is 3.74. The molecule has 9 heteroatoms. The molecule has 0 radical (unpaired) electrons. The molecule has 1 aromatic carbocycles. The van der Waals surface area contributed by atoms with Gasteiger partial charge in [-0.05, 0) is 31.4 Å². The lowest BCUT2D eigenvalue weighted by atomic mass is 9.99. The number of piperazine rings is 1. The van der Waals surface area contributed by atoms with E-state index >= 15 is 0 Å². The van der Waals surface area contributed by atoms with Crippen molar-refractivity contribution in [2.75, 3.05) is 44.2 Å². The highest BCUT2D eigenvalue weighted by Crippen LogP contribution is 2.20. The average Bonchev–Trinajstić information content (AvgIpc) is 3.21. The predicted molar refractivity (Wildman–Crippen MR) is 139 cm³/mol. The van der Waals surface area contributed by atoms with Crippen molar-refractivity contribution < 1.29 is 4.79 Å². The van der Waals surface area contributed by atoms with E-state index in [0.717, 1.165) is 44.2 Å². The van der Waals surface area contributed by atoms with Gasteiger partial charge in [0.2, 0.25) is 5.91 Å². The summed E-state index contributed by atoms with van der Waals surface area (Å²) in [4.78, 5) is 24.1. The van der Waals surface area contributed by atoms with Gasteiger partial charge in [0.25, 0.3) is 0 Å². The average molecular weight is 551 g/mol. The molecule has 1 fully saturated rings. The number of aromatic nitrogens is 2. The lowest BCUT2D eigenvalue weighted by molar-refractivity contribution is -0.120. The molecule has 0 saturated carbocycles. The Morgan fingerprint density at radius 1 is 1.19 bits per heavy atom. The zero-order valence-electron chi connectivity index (χ0n) is 19.2. The second-order valence-electron chi connectivity index (χ2n) is 8.37. The summed E-state index contributed by atoms with van der Waals surface area (Å²) in [7, 11) is 1.86. The number of hydrogen-bond acceptors (Lipinski definition) is 4. The van der Waals surface area contributed by atoms with Gasteiger partial charge in [-0.25, -0.2) is 0 Å². The minimum absolute atomic E-state index is 0. The Hall–Kier alpha value is -2.14. The van der Waals surface area contributed by atoms with Crippen molar-refractivity contribution in [2.24, 2.45) is 12.0 Å². The maximum absolute atomic E-state index is 12.8. The van der Waals surface area contributed by atoms with Crippen LogP contribution in [-0.2, 0) is 24.8 Å². The van der Waals surface area contributed by atoms with Crippen LogP contribution in [0.1, 0.15) is 25.0 Å². The number of fused-ring (bicyclic) bond motifs is 1. The molecule has 0 spiro atoms. The molecular formula is C23H34IN7O. The number of carbonyl (C=O) groups is 1. The van der Waals surface area contributed by atoms with E-state index < -0.39 is 0 Å². The highest BCUT2D eigenvalue weighted by Gasteiger charge is 2.28. The standard InChI is InChI=1S/C23H33N7O.HI/c1-4-24-23(29-11-12-30(22(31)17-29)21-14-26-27(3)16-21)25-13-18(2)28-10-9-19-7-5-6-8-20(19)15-28;/h5-8,14,16,18H,4,9-13,15,17H2,1-3H3,(H,24,25);1H. The van der Waals surface area contributed by atoms with Crippen LogP contribution < -0.4 is 10.2 Å². The highest BCUT2D eigenvalue weighted by atomic mass is 127. The van der Waals surface area contributed by atoms with Crippen molar-refractivity contribution in [1.82, 2.24) is 24.9 Å². The van der Waals surface area contributed by atoms with Crippen LogP contribution in [-0.4, -0.2) is 76.8 Å². The van der Waals surface area contributed by atoms with Gasteiger partial charge in [0.1, 0.15) is 6.54 Å². The molecule has 1 atom stereocenters. The fraction of sp³-hybridized carbons (Fsp3) is 0.522. The van der Waals surface area contributed by atoms with Crippen LogP contribution >= 0.6 is 24.0 Å². The Balaban J connectivity index is 0.00000289. The number of rotatable bonds is 5. The molecule has 8 nitrogen and oxygen atoms in total. The third-order valence-electron chi connectivity index (χ3n) is 6.15. The monoisotopic (exact) mass is 551 g/mol. The van der Waals surface area contributed by atoms with Gasteiger partial charge >= 0.3 is 0 Å². The van der Waals surface area contributed by atoms with Gasteiger partial charge in [0, 0.05) is 52.0 Å². The van der Waals surface area contributed by atoms with Crippen molar-refractivity contribution in [1.29, 1.82) is 0 Å². The number of nitrogens with one attached hydrogen (secondary N) is 1. The molecule has 3 heterocycles. The summed E-state index contributed by atoms with van der Waals surface area (Å²) in [5, 5.41) is 7.56. The van der Waals surface area contributed by atoms with E-state index in [1.165, 1.54) is 11.1 Å². The number of halogens is 1. The fourth-order valence-electron chi connectivity index (χ4n) is 4.33. The van der Waals surface area contributed by atoms with Crippen LogP contribution in [0.25, 0.3) is 0 Å². The van der Waals surface area contributed by atoms with Gasteiger partial charge in [-0.15, -0.1) is 24.0 Å². The summed E-state index contributed by atoms with van der Waals surface area (Å²) in [6, 6.07) is 9.06. The number of carbonyl (C=O) groups excluding carboxylic acids is 1. The van der Waals surface area contributed by atoms with Crippen LogP contribution in [0.4, 0.5) is 5.69 Å². The molecule has 2 aliphatic heterocycles. The van der Waals surface area contributed by atoms with Crippen LogP contribution in [0.3, 0.4) is 0 Å². The molecule has 2 aromatic rings. The van der Waals surface area contributed by atoms with E-state index in [4.69, 9.17) is 4.99 Å². The maximum atomic E-state index is 12.8. The van der Waals surface area contributed by atoms with E-state index in [1.54, 1.807) is 15.8 Å². The minimum Gasteiger partial charge on any atom is -0.357 e. The molecule has 0 aliphatic carbocycles. The Morgan fingerprint density at radius 2 is 1.97 bits per heavy atom. The van der Waals surface area contributed by atoms with Crippen LogP contribution in [0.15, 0.2) is 41.7 Å². The zero-order chi connectivity index (χ0) is 21.8. The van der Waals surface area contributed by atoms with Crippen LogP contribution in [0, 0.1) is 0 Å². The fourth-order valence-corrected chi connectivity index (χ4v) is 4.33. The number of hydrogen-bond donors (Lipinski definition) is 1. The second kappa shape index (κ2) is 11.1. The van der Waals surface area contributed by atoms with E-state index in [9.17, 15) is 4.79 Å². The van der Waals surface area contributed by atoms with Gasteiger partial charge in [0.05, 0.1) is 18.4 Å². The molecule has 0 bridgehead atoms. The molecule has 32 heavy (non-hydrogen) atoms. The summed E-state index contributed by atoms with van der Waals surface area (Å²) >= 11 is 0. The first-order valence-corrected chi connectivity index (χ1v) is 11.2. The third kappa shape index (κ3) is 5.61. The first-order chi connectivity index (χ1) is 15.0. The molecule has 1 amide bonds. The lowest BCUT2D eigenvalue weighted by Gasteiger charge is -2.36. The van der Waals surface area contributed by atoms with E-state index in [-0.39, 0.29) is 29.9 Å². The summed E-state index contributed by atoms with van der Waals surface area (Å²) in [6.07, 6.45) is 4.71. The molecule has 1 aromatic heterocycles. The molecule has 1 saturated heterocycles. The topological polar surface area (TPSA) is 69.0 Å². The second-order valence-corrected chi connectivity index (χ2v) is 8.37. The van der Waals surface area contributed by atoms with Gasteiger partial charge in [-0.2, -0.15) is 5.10 Å². The summed E-state index contributed by atoms with van der Waals surface area (Å²) < 4.78 is 1.72.